The van der Waals surface area contributed by atoms with Gasteiger partial charge in [0.2, 0.25) is 0 Å². The SMILES string of the molecule is NNc1cn2ccnc2c(-n2cnc3ccccc32)n1. The fraction of sp³-hybridized carbons (Fsp3) is 0. The summed E-state index contributed by atoms with van der Waals surface area (Å²) in [5, 5.41) is 0. The summed E-state index contributed by atoms with van der Waals surface area (Å²) in [4.78, 5) is 13.2. The van der Waals surface area contributed by atoms with Crippen molar-refractivity contribution >= 4 is 22.5 Å². The van der Waals surface area contributed by atoms with E-state index in [0.717, 1.165) is 16.7 Å². The number of fused-ring (bicyclic) bond motifs is 2. The van der Waals surface area contributed by atoms with Crippen LogP contribution in [0.1, 0.15) is 0 Å². The van der Waals surface area contributed by atoms with Gasteiger partial charge in [0.05, 0.1) is 17.2 Å². The smallest absolute Gasteiger partial charge is 0.184 e. The summed E-state index contributed by atoms with van der Waals surface area (Å²) in [7, 11) is 0. The number of anilines is 1. The lowest BCUT2D eigenvalue weighted by atomic mass is 10.3. The number of imidazole rings is 2. The molecule has 3 N–H and O–H groups in total. The van der Waals surface area contributed by atoms with Gasteiger partial charge in [-0.2, -0.15) is 0 Å². The zero-order valence-electron chi connectivity index (χ0n) is 10.4. The summed E-state index contributed by atoms with van der Waals surface area (Å²) >= 11 is 0. The van der Waals surface area contributed by atoms with Crippen molar-refractivity contribution in [1.29, 1.82) is 0 Å². The van der Waals surface area contributed by atoms with Gasteiger partial charge in [0.25, 0.3) is 0 Å². The molecule has 0 bridgehead atoms. The molecular weight excluding hydrogens is 254 g/mol. The normalized spacial score (nSPS) is 11.2. The van der Waals surface area contributed by atoms with E-state index in [2.05, 4.69) is 20.4 Å². The van der Waals surface area contributed by atoms with E-state index in [9.17, 15) is 0 Å². The molecule has 0 unspecified atom stereocenters. The van der Waals surface area contributed by atoms with E-state index >= 15 is 0 Å². The van der Waals surface area contributed by atoms with Crippen LogP contribution in [0.5, 0.6) is 0 Å². The number of rotatable bonds is 2. The highest BCUT2D eigenvalue weighted by Crippen LogP contribution is 2.20. The second kappa shape index (κ2) is 4.04. The van der Waals surface area contributed by atoms with Crippen LogP contribution in [-0.2, 0) is 0 Å². The minimum atomic E-state index is 0.559. The molecule has 0 spiro atoms. The molecule has 98 valence electrons. The van der Waals surface area contributed by atoms with Crippen molar-refractivity contribution in [3.8, 4) is 5.82 Å². The zero-order chi connectivity index (χ0) is 13.5. The molecule has 4 rings (SSSR count). The van der Waals surface area contributed by atoms with Crippen molar-refractivity contribution in [1.82, 2.24) is 23.9 Å². The van der Waals surface area contributed by atoms with Crippen LogP contribution in [0, 0.1) is 0 Å². The van der Waals surface area contributed by atoms with Gasteiger partial charge in [-0.05, 0) is 12.1 Å². The van der Waals surface area contributed by atoms with Gasteiger partial charge in [-0.3, -0.25) is 4.57 Å². The van der Waals surface area contributed by atoms with Gasteiger partial charge in [0.1, 0.15) is 6.33 Å². The first-order chi connectivity index (χ1) is 9.86. The second-order valence-corrected chi connectivity index (χ2v) is 4.36. The van der Waals surface area contributed by atoms with E-state index in [4.69, 9.17) is 5.84 Å². The van der Waals surface area contributed by atoms with E-state index < -0.39 is 0 Å². The first kappa shape index (κ1) is 10.9. The van der Waals surface area contributed by atoms with Gasteiger partial charge < -0.3 is 9.83 Å². The predicted molar refractivity (Wildman–Crippen MR) is 75.4 cm³/mol. The van der Waals surface area contributed by atoms with Crippen LogP contribution in [0.25, 0.3) is 22.5 Å². The fourth-order valence-electron chi connectivity index (χ4n) is 2.27. The number of para-hydroxylation sites is 2. The fourth-order valence-corrected chi connectivity index (χ4v) is 2.27. The molecule has 7 nitrogen and oxygen atoms in total. The largest absolute Gasteiger partial charge is 0.307 e. The van der Waals surface area contributed by atoms with E-state index in [1.807, 2.05) is 39.4 Å². The Morgan fingerprint density at radius 1 is 1.15 bits per heavy atom. The maximum Gasteiger partial charge on any atom is 0.184 e. The second-order valence-electron chi connectivity index (χ2n) is 4.36. The quantitative estimate of drug-likeness (QED) is 0.422. The van der Waals surface area contributed by atoms with Gasteiger partial charge in [0.15, 0.2) is 17.3 Å². The number of hydrazine groups is 1. The molecule has 0 radical (unpaired) electrons. The lowest BCUT2D eigenvalue weighted by molar-refractivity contribution is 0.987. The number of nitrogens with zero attached hydrogens (tertiary/aromatic N) is 5. The molecule has 1 aromatic carbocycles. The molecule has 0 amide bonds. The molecule has 0 aliphatic rings. The third-order valence-electron chi connectivity index (χ3n) is 3.19. The lowest BCUT2D eigenvalue weighted by Gasteiger charge is -2.08. The van der Waals surface area contributed by atoms with Crippen molar-refractivity contribution in [3.63, 3.8) is 0 Å². The zero-order valence-corrected chi connectivity index (χ0v) is 10.4. The summed E-state index contributed by atoms with van der Waals surface area (Å²) in [6.07, 6.45) is 7.09. The van der Waals surface area contributed by atoms with E-state index in [1.54, 1.807) is 18.7 Å². The van der Waals surface area contributed by atoms with Crippen LogP contribution in [0.3, 0.4) is 0 Å². The van der Waals surface area contributed by atoms with Crippen LogP contribution < -0.4 is 11.3 Å². The number of nitrogens with two attached hydrogens (primary N) is 1. The minimum absolute atomic E-state index is 0.559. The van der Waals surface area contributed by atoms with Crippen LogP contribution in [0.4, 0.5) is 5.82 Å². The topological polar surface area (TPSA) is 86.1 Å². The Bertz CT molecular complexity index is 905. The molecule has 0 atom stereocenters. The Labute approximate surface area is 113 Å². The summed E-state index contributed by atoms with van der Waals surface area (Å²) in [5.74, 6) is 6.71. The first-order valence-electron chi connectivity index (χ1n) is 6.09. The predicted octanol–water partition coefficient (Wildman–Crippen LogP) is 1.35. The minimum Gasteiger partial charge on any atom is -0.307 e. The maximum absolute atomic E-state index is 5.47. The maximum atomic E-state index is 5.47. The van der Waals surface area contributed by atoms with Crippen molar-refractivity contribution in [2.24, 2.45) is 5.84 Å². The Hall–Kier alpha value is -2.93. The Morgan fingerprint density at radius 3 is 2.95 bits per heavy atom. The summed E-state index contributed by atoms with van der Waals surface area (Å²) in [5.41, 5.74) is 5.19. The Balaban J connectivity index is 2.08. The number of hydrogen-bond acceptors (Lipinski definition) is 5. The molecule has 3 heterocycles. The molecule has 20 heavy (non-hydrogen) atoms. The van der Waals surface area contributed by atoms with Crippen LogP contribution in [0.2, 0.25) is 0 Å². The van der Waals surface area contributed by atoms with Crippen LogP contribution in [0.15, 0.2) is 49.2 Å². The van der Waals surface area contributed by atoms with Crippen molar-refractivity contribution in [2.45, 2.75) is 0 Å². The third-order valence-corrected chi connectivity index (χ3v) is 3.19. The lowest BCUT2D eigenvalue weighted by Crippen LogP contribution is -2.11. The standard InChI is InChI=1S/C13H11N7/c14-18-11-7-19-6-5-15-12(19)13(17-11)20-8-16-9-3-1-2-4-10(9)20/h1-8,18H,14H2. The average molecular weight is 265 g/mol. The van der Waals surface area contributed by atoms with Gasteiger partial charge in [-0.15, -0.1) is 0 Å². The number of nitrogens with one attached hydrogen (secondary N) is 1. The molecular formula is C13H11N7. The number of aromatic nitrogens is 5. The molecule has 3 aromatic heterocycles. The van der Waals surface area contributed by atoms with Crippen molar-refractivity contribution < 1.29 is 0 Å². The number of nitrogen functional groups attached to an aromatic ring is 1. The van der Waals surface area contributed by atoms with Gasteiger partial charge in [-0.1, -0.05) is 12.1 Å². The van der Waals surface area contributed by atoms with Crippen LogP contribution >= 0.6 is 0 Å². The van der Waals surface area contributed by atoms with E-state index in [1.165, 1.54) is 0 Å². The third kappa shape index (κ3) is 1.47. The monoisotopic (exact) mass is 265 g/mol. The van der Waals surface area contributed by atoms with Gasteiger partial charge >= 0.3 is 0 Å². The van der Waals surface area contributed by atoms with Crippen LogP contribution in [-0.4, -0.2) is 23.9 Å². The molecule has 0 saturated carbocycles. The Morgan fingerprint density at radius 2 is 2.05 bits per heavy atom. The summed E-state index contributed by atoms with van der Waals surface area (Å²) in [6.45, 7) is 0. The van der Waals surface area contributed by atoms with Gasteiger partial charge in [0, 0.05) is 12.4 Å². The van der Waals surface area contributed by atoms with E-state index in [0.29, 0.717) is 11.6 Å². The highest BCUT2D eigenvalue weighted by atomic mass is 15.3. The summed E-state index contributed by atoms with van der Waals surface area (Å²) in [6, 6.07) is 7.87. The number of hydrogen-bond donors (Lipinski definition) is 2. The highest BCUT2D eigenvalue weighted by Gasteiger charge is 2.12. The molecule has 4 aromatic rings. The first-order valence-corrected chi connectivity index (χ1v) is 6.09. The summed E-state index contributed by atoms with van der Waals surface area (Å²) < 4.78 is 3.77. The highest BCUT2D eigenvalue weighted by molar-refractivity contribution is 5.78. The van der Waals surface area contributed by atoms with Crippen molar-refractivity contribution in [3.05, 3.63) is 49.2 Å². The molecule has 0 saturated heterocycles. The molecule has 0 aliphatic heterocycles. The average Bonchev–Trinajstić information content (AvgIpc) is 3.12. The molecule has 7 heteroatoms. The molecule has 0 fully saturated rings. The van der Waals surface area contributed by atoms with Crippen molar-refractivity contribution in [2.75, 3.05) is 5.43 Å². The van der Waals surface area contributed by atoms with E-state index in [-0.39, 0.29) is 0 Å². The number of benzene rings is 1. The molecule has 0 aliphatic carbocycles. The van der Waals surface area contributed by atoms with Gasteiger partial charge in [-0.25, -0.2) is 20.8 Å². The Kier molecular flexibility index (Phi) is 2.21.